The van der Waals surface area contributed by atoms with Gasteiger partial charge in [-0.05, 0) is 44.5 Å². The third-order valence-electron chi connectivity index (χ3n) is 5.92. The molecule has 0 saturated carbocycles. The van der Waals surface area contributed by atoms with E-state index in [2.05, 4.69) is 39.1 Å². The number of anilines is 1. The van der Waals surface area contributed by atoms with Crippen LogP contribution >= 0.6 is 11.6 Å². The molecule has 0 atom stereocenters. The number of aromatic nitrogens is 3. The lowest BCUT2D eigenvalue weighted by Gasteiger charge is -2.20. The molecule has 0 aliphatic heterocycles. The van der Waals surface area contributed by atoms with E-state index >= 15 is 0 Å². The molecule has 0 saturated heterocycles. The number of rotatable bonds is 9. The molecule has 4 aromatic rings. The zero-order valence-corrected chi connectivity index (χ0v) is 22.0. The molecule has 0 amide bonds. The first-order valence-corrected chi connectivity index (χ1v) is 12.0. The highest BCUT2D eigenvalue weighted by Gasteiger charge is 2.16. The molecule has 0 spiro atoms. The Kier molecular flexibility index (Phi) is 7.60. The number of hydrogen-bond donors (Lipinski definition) is 1. The Hall–Kier alpha value is -3.84. The molecule has 0 bridgehead atoms. The van der Waals surface area contributed by atoms with Crippen LogP contribution in [0.5, 0.6) is 5.75 Å². The number of allylic oxidation sites excluding steroid dienone is 2. The lowest BCUT2D eigenvalue weighted by molar-refractivity contribution is 0.308. The van der Waals surface area contributed by atoms with Gasteiger partial charge in [0.25, 0.3) is 0 Å². The van der Waals surface area contributed by atoms with Crippen molar-refractivity contribution in [2.75, 3.05) is 19.4 Å². The Bertz CT molecular complexity index is 1420. The van der Waals surface area contributed by atoms with Crippen molar-refractivity contribution in [1.82, 2.24) is 20.0 Å². The number of benzene rings is 1. The molecule has 0 radical (unpaired) electrons. The van der Waals surface area contributed by atoms with Gasteiger partial charge in [-0.15, -0.1) is 0 Å². The van der Waals surface area contributed by atoms with E-state index in [0.717, 1.165) is 56.1 Å². The van der Waals surface area contributed by atoms with Crippen molar-refractivity contribution in [1.29, 1.82) is 0 Å². The quantitative estimate of drug-likeness (QED) is 0.262. The summed E-state index contributed by atoms with van der Waals surface area (Å²) in [5, 5.41) is 8.92. The predicted molar refractivity (Wildman–Crippen MR) is 145 cm³/mol. The average Bonchev–Trinajstić information content (AvgIpc) is 3.17. The molecule has 1 N–H and O–H groups in total. The Morgan fingerprint density at radius 2 is 2.03 bits per heavy atom. The van der Waals surface area contributed by atoms with E-state index in [9.17, 15) is 0 Å². The summed E-state index contributed by atoms with van der Waals surface area (Å²) in [5.74, 6) is 1.42. The molecule has 0 aliphatic rings. The van der Waals surface area contributed by atoms with Gasteiger partial charge in [-0.1, -0.05) is 41.5 Å². The summed E-state index contributed by atoms with van der Waals surface area (Å²) in [6.07, 6.45) is 7.22. The molecule has 3 aromatic heterocycles. The number of nitrogens with one attached hydrogen (secondary N) is 1. The minimum Gasteiger partial charge on any atom is -0.487 e. The summed E-state index contributed by atoms with van der Waals surface area (Å²) in [5.41, 5.74) is 7.26. The normalized spacial score (nSPS) is 11.6. The van der Waals surface area contributed by atoms with Gasteiger partial charge in [0.2, 0.25) is 0 Å². The van der Waals surface area contributed by atoms with E-state index in [0.29, 0.717) is 17.3 Å². The summed E-state index contributed by atoms with van der Waals surface area (Å²) >= 11 is 6.56. The molecule has 1 aromatic carbocycles. The largest absolute Gasteiger partial charge is 0.487 e. The Morgan fingerprint density at radius 1 is 1.22 bits per heavy atom. The fraction of sp³-hybridized carbons (Fsp3) is 0.250. The van der Waals surface area contributed by atoms with Crippen molar-refractivity contribution in [2.24, 2.45) is 0 Å². The Morgan fingerprint density at radius 3 is 2.72 bits per heavy atom. The molecule has 186 valence electrons. The van der Waals surface area contributed by atoms with Crippen LogP contribution in [0.25, 0.3) is 16.6 Å². The summed E-state index contributed by atoms with van der Waals surface area (Å²) in [7, 11) is 4.03. The fourth-order valence-corrected chi connectivity index (χ4v) is 4.39. The second-order valence-electron chi connectivity index (χ2n) is 8.75. The van der Waals surface area contributed by atoms with Gasteiger partial charge in [0.05, 0.1) is 5.02 Å². The predicted octanol–water partition coefficient (Wildman–Crippen LogP) is 6.48. The van der Waals surface area contributed by atoms with Gasteiger partial charge in [0, 0.05) is 60.9 Å². The topological polar surface area (TPSA) is 76.3 Å². The fourth-order valence-electron chi connectivity index (χ4n) is 4.15. The molecule has 0 fully saturated rings. The van der Waals surface area contributed by atoms with Crippen LogP contribution in [0.2, 0.25) is 5.02 Å². The van der Waals surface area contributed by atoms with Crippen LogP contribution < -0.4 is 10.1 Å². The van der Waals surface area contributed by atoms with Crippen molar-refractivity contribution in [3.63, 3.8) is 0 Å². The maximum atomic E-state index is 6.56. The first-order chi connectivity index (χ1) is 17.3. The van der Waals surface area contributed by atoms with Crippen molar-refractivity contribution in [3.8, 4) is 5.75 Å². The van der Waals surface area contributed by atoms with Crippen LogP contribution in [0.3, 0.4) is 0 Å². The number of fused-ring (bicyclic) bond motifs is 1. The zero-order valence-electron chi connectivity index (χ0n) is 21.2. The van der Waals surface area contributed by atoms with E-state index in [1.165, 1.54) is 0 Å². The van der Waals surface area contributed by atoms with Crippen molar-refractivity contribution < 1.29 is 9.26 Å². The maximum Gasteiger partial charge on any atom is 0.157 e. The molecular formula is C28H30ClN5O2. The number of pyridine rings is 2. The summed E-state index contributed by atoms with van der Waals surface area (Å²) in [6, 6.07) is 8.05. The molecule has 7 nitrogen and oxygen atoms in total. The molecule has 8 heteroatoms. The summed E-state index contributed by atoms with van der Waals surface area (Å²) in [6.45, 7) is 10.4. The van der Waals surface area contributed by atoms with Crippen LogP contribution in [-0.2, 0) is 13.2 Å². The highest BCUT2D eigenvalue weighted by atomic mass is 35.5. The van der Waals surface area contributed by atoms with E-state index < -0.39 is 0 Å². The highest BCUT2D eigenvalue weighted by molar-refractivity contribution is 6.31. The number of nitrogens with zero attached hydrogens (tertiary/aromatic N) is 4. The maximum absolute atomic E-state index is 6.56. The zero-order chi connectivity index (χ0) is 25.8. The standard InChI is InChI=1S/C28H30ClN5O2/c1-7-9-25(34(5)6)22-12-17(2)32-28-21(22)10-8-11-26(28)35-16-23-20(13-30-15-24(23)29)14-31-27-18(3)33-36-19(27)4/h7-13,15,31H,1,14,16H2,2-6H3/b25-9-. The molecule has 4 rings (SSSR count). The van der Waals surface area contributed by atoms with Crippen molar-refractivity contribution >= 4 is 33.9 Å². The SMILES string of the molecule is C=C/C=C(/c1cc(C)nc2c(OCc3c(Cl)cncc3CNc3c(C)noc3C)cccc12)N(C)C. The van der Waals surface area contributed by atoms with Gasteiger partial charge in [0.1, 0.15) is 29.3 Å². The van der Waals surface area contributed by atoms with Gasteiger partial charge in [-0.25, -0.2) is 4.98 Å². The Balaban J connectivity index is 1.66. The van der Waals surface area contributed by atoms with E-state index in [1.807, 2.05) is 53.1 Å². The average molecular weight is 504 g/mol. The van der Waals surface area contributed by atoms with Crippen molar-refractivity contribution in [3.05, 3.63) is 94.3 Å². The Labute approximate surface area is 216 Å². The highest BCUT2D eigenvalue weighted by Crippen LogP contribution is 2.33. The number of ether oxygens (including phenoxy) is 1. The lowest BCUT2D eigenvalue weighted by Crippen LogP contribution is -2.11. The van der Waals surface area contributed by atoms with E-state index in [-0.39, 0.29) is 6.61 Å². The number of para-hydroxylation sites is 1. The van der Waals surface area contributed by atoms with E-state index in [1.54, 1.807) is 18.5 Å². The third-order valence-corrected chi connectivity index (χ3v) is 6.24. The van der Waals surface area contributed by atoms with Crippen LogP contribution in [0, 0.1) is 20.8 Å². The summed E-state index contributed by atoms with van der Waals surface area (Å²) in [4.78, 5) is 11.2. The number of hydrogen-bond acceptors (Lipinski definition) is 7. The molecule has 3 heterocycles. The van der Waals surface area contributed by atoms with Crippen molar-refractivity contribution in [2.45, 2.75) is 33.9 Å². The van der Waals surface area contributed by atoms with Gasteiger partial charge in [0.15, 0.2) is 5.76 Å². The van der Waals surface area contributed by atoms with Crippen LogP contribution in [0.1, 0.15) is 33.8 Å². The monoisotopic (exact) mass is 503 g/mol. The molecular weight excluding hydrogens is 474 g/mol. The van der Waals surface area contributed by atoms with Crippen LogP contribution in [0.4, 0.5) is 5.69 Å². The first-order valence-electron chi connectivity index (χ1n) is 11.6. The summed E-state index contributed by atoms with van der Waals surface area (Å²) < 4.78 is 11.6. The third kappa shape index (κ3) is 5.21. The second kappa shape index (κ2) is 10.8. The van der Waals surface area contributed by atoms with Crippen LogP contribution in [0.15, 0.2) is 59.9 Å². The number of aryl methyl sites for hydroxylation is 3. The molecule has 36 heavy (non-hydrogen) atoms. The van der Waals surface area contributed by atoms with E-state index in [4.69, 9.17) is 25.8 Å². The van der Waals surface area contributed by atoms with Gasteiger partial charge < -0.3 is 19.5 Å². The molecule has 0 unspecified atom stereocenters. The lowest BCUT2D eigenvalue weighted by atomic mass is 10.0. The number of halogens is 1. The molecule has 0 aliphatic carbocycles. The first kappa shape index (κ1) is 25.3. The smallest absolute Gasteiger partial charge is 0.157 e. The van der Waals surface area contributed by atoms with Gasteiger partial charge >= 0.3 is 0 Å². The minimum absolute atomic E-state index is 0.271. The van der Waals surface area contributed by atoms with Gasteiger partial charge in [-0.3, -0.25) is 4.98 Å². The van der Waals surface area contributed by atoms with Crippen LogP contribution in [-0.4, -0.2) is 34.1 Å². The second-order valence-corrected chi connectivity index (χ2v) is 9.15. The minimum atomic E-state index is 0.271. The van der Waals surface area contributed by atoms with Gasteiger partial charge in [-0.2, -0.15) is 0 Å².